The van der Waals surface area contributed by atoms with E-state index < -0.39 is 9.84 Å². The van der Waals surface area contributed by atoms with Crippen LogP contribution in [0.25, 0.3) is 0 Å². The third-order valence-electron chi connectivity index (χ3n) is 4.15. The molecule has 5 heteroatoms. The van der Waals surface area contributed by atoms with E-state index in [-0.39, 0.29) is 11.4 Å². The number of hydrogen-bond acceptors (Lipinski definition) is 4. The lowest BCUT2D eigenvalue weighted by atomic mass is 9.77. The van der Waals surface area contributed by atoms with Crippen molar-refractivity contribution in [1.29, 1.82) is 0 Å². The van der Waals surface area contributed by atoms with Gasteiger partial charge in [-0.15, -0.1) is 0 Å². The zero-order chi connectivity index (χ0) is 14.4. The Morgan fingerprint density at radius 1 is 1.32 bits per heavy atom. The van der Waals surface area contributed by atoms with Gasteiger partial charge < -0.3 is 10.5 Å². The quantitative estimate of drug-likeness (QED) is 0.696. The summed E-state index contributed by atoms with van der Waals surface area (Å²) in [7, 11) is -2.88. The summed E-state index contributed by atoms with van der Waals surface area (Å²) in [5.74, 6) is 1.02. The van der Waals surface area contributed by atoms with Gasteiger partial charge in [0.1, 0.15) is 9.84 Å². The van der Waals surface area contributed by atoms with E-state index in [9.17, 15) is 8.42 Å². The molecule has 0 unspecified atom stereocenters. The minimum absolute atomic E-state index is 0.193. The van der Waals surface area contributed by atoms with E-state index in [2.05, 4.69) is 6.92 Å². The van der Waals surface area contributed by atoms with Crippen molar-refractivity contribution in [1.82, 2.24) is 0 Å². The maximum absolute atomic E-state index is 11.1. The number of nitrogens with two attached hydrogens (primary N) is 1. The Labute approximate surface area is 118 Å². The van der Waals surface area contributed by atoms with Gasteiger partial charge in [-0.05, 0) is 38.0 Å². The number of sulfone groups is 1. The molecule has 0 aliphatic heterocycles. The fraction of sp³-hybridized carbons (Fsp3) is 1.00. The summed E-state index contributed by atoms with van der Waals surface area (Å²) >= 11 is 0. The molecular formula is C14H29NO3S. The monoisotopic (exact) mass is 291 g/mol. The molecule has 1 aliphatic carbocycles. The van der Waals surface area contributed by atoms with Crippen molar-refractivity contribution in [3.05, 3.63) is 0 Å². The topological polar surface area (TPSA) is 69.4 Å². The average molecular weight is 291 g/mol. The lowest BCUT2D eigenvalue weighted by molar-refractivity contribution is -0.0713. The molecule has 0 heterocycles. The number of rotatable bonds is 8. The van der Waals surface area contributed by atoms with E-state index in [0.29, 0.717) is 19.6 Å². The lowest BCUT2D eigenvalue weighted by Gasteiger charge is -2.39. The van der Waals surface area contributed by atoms with Crippen molar-refractivity contribution in [3.63, 3.8) is 0 Å². The molecule has 0 spiro atoms. The van der Waals surface area contributed by atoms with Gasteiger partial charge in [0.25, 0.3) is 0 Å². The minimum atomic E-state index is -2.88. The van der Waals surface area contributed by atoms with Crippen molar-refractivity contribution in [2.45, 2.75) is 57.5 Å². The third-order valence-corrected chi connectivity index (χ3v) is 5.18. The maximum atomic E-state index is 11.1. The van der Waals surface area contributed by atoms with Gasteiger partial charge in [0.15, 0.2) is 0 Å². The Hall–Kier alpha value is -0.130. The Kier molecular flexibility index (Phi) is 6.77. The second kappa shape index (κ2) is 7.60. The van der Waals surface area contributed by atoms with Gasteiger partial charge in [-0.25, -0.2) is 8.42 Å². The molecule has 19 heavy (non-hydrogen) atoms. The first-order valence-corrected chi connectivity index (χ1v) is 9.48. The van der Waals surface area contributed by atoms with Crippen LogP contribution < -0.4 is 5.73 Å². The van der Waals surface area contributed by atoms with Crippen LogP contribution in [0.3, 0.4) is 0 Å². The molecule has 1 fully saturated rings. The molecule has 0 radical (unpaired) electrons. The molecule has 0 aromatic carbocycles. The van der Waals surface area contributed by atoms with Crippen molar-refractivity contribution in [2.75, 3.05) is 25.2 Å². The Bertz CT molecular complexity index is 346. The summed E-state index contributed by atoms with van der Waals surface area (Å²) in [6, 6.07) is 0. The van der Waals surface area contributed by atoms with E-state index >= 15 is 0 Å². The van der Waals surface area contributed by atoms with Crippen molar-refractivity contribution in [3.8, 4) is 0 Å². The molecule has 0 bridgehead atoms. The molecule has 0 aromatic rings. The summed E-state index contributed by atoms with van der Waals surface area (Å²) in [5, 5.41) is 0. The van der Waals surface area contributed by atoms with E-state index in [1.54, 1.807) is 0 Å². The highest BCUT2D eigenvalue weighted by Gasteiger charge is 2.34. The van der Waals surface area contributed by atoms with Gasteiger partial charge in [-0.2, -0.15) is 0 Å². The smallest absolute Gasteiger partial charge is 0.147 e. The van der Waals surface area contributed by atoms with Crippen LogP contribution in [0.4, 0.5) is 0 Å². The molecule has 1 rings (SSSR count). The fourth-order valence-corrected chi connectivity index (χ4v) is 3.56. The van der Waals surface area contributed by atoms with Gasteiger partial charge in [0, 0.05) is 19.4 Å². The zero-order valence-corrected chi connectivity index (χ0v) is 13.2. The summed E-state index contributed by atoms with van der Waals surface area (Å²) in [6.45, 7) is 3.28. The van der Waals surface area contributed by atoms with Crippen LogP contribution in [0.1, 0.15) is 51.9 Å². The largest absolute Gasteiger partial charge is 0.374 e. The van der Waals surface area contributed by atoms with Crippen LogP contribution in [0, 0.1) is 5.92 Å². The summed E-state index contributed by atoms with van der Waals surface area (Å²) in [4.78, 5) is 0. The van der Waals surface area contributed by atoms with E-state index in [4.69, 9.17) is 10.5 Å². The van der Waals surface area contributed by atoms with E-state index in [0.717, 1.165) is 18.8 Å². The molecule has 4 nitrogen and oxygen atoms in total. The third kappa shape index (κ3) is 6.23. The fourth-order valence-electron chi connectivity index (χ4n) is 2.92. The molecule has 0 amide bonds. The number of ether oxygens (including phenoxy) is 1. The standard InChI is InChI=1S/C14H29NO3S/c1-3-5-13-6-8-14(12-15,9-7-13)18-10-4-11-19(2,16)17/h13H,3-12,15H2,1-2H3. The summed E-state index contributed by atoms with van der Waals surface area (Å²) in [6.07, 6.45) is 8.80. The van der Waals surface area contributed by atoms with Crippen molar-refractivity contribution < 1.29 is 13.2 Å². The van der Waals surface area contributed by atoms with Gasteiger partial charge in [0.2, 0.25) is 0 Å². The minimum Gasteiger partial charge on any atom is -0.374 e. The summed E-state index contributed by atoms with van der Waals surface area (Å²) < 4.78 is 28.1. The molecule has 0 aromatic heterocycles. The lowest BCUT2D eigenvalue weighted by Crippen LogP contribution is -2.44. The molecular weight excluding hydrogens is 262 g/mol. The van der Waals surface area contributed by atoms with Crippen LogP contribution >= 0.6 is 0 Å². The van der Waals surface area contributed by atoms with E-state index in [1.165, 1.54) is 31.9 Å². The van der Waals surface area contributed by atoms with Crippen molar-refractivity contribution >= 4 is 9.84 Å². The molecule has 1 aliphatic rings. The van der Waals surface area contributed by atoms with Crippen LogP contribution in [-0.2, 0) is 14.6 Å². The van der Waals surface area contributed by atoms with Crippen LogP contribution in [-0.4, -0.2) is 39.2 Å². The molecule has 1 saturated carbocycles. The second-order valence-corrected chi connectivity index (χ2v) is 8.21. The Balaban J connectivity index is 2.33. The first-order valence-electron chi connectivity index (χ1n) is 7.42. The average Bonchev–Trinajstić information content (AvgIpc) is 2.36. The second-order valence-electron chi connectivity index (χ2n) is 5.95. The highest BCUT2D eigenvalue weighted by atomic mass is 32.2. The molecule has 0 saturated heterocycles. The first kappa shape index (κ1) is 16.9. The van der Waals surface area contributed by atoms with Gasteiger partial charge in [0.05, 0.1) is 11.4 Å². The molecule has 2 N–H and O–H groups in total. The van der Waals surface area contributed by atoms with Crippen molar-refractivity contribution in [2.24, 2.45) is 11.7 Å². The molecule has 0 atom stereocenters. The van der Waals surface area contributed by atoms with Crippen LogP contribution in [0.15, 0.2) is 0 Å². The zero-order valence-electron chi connectivity index (χ0n) is 12.4. The van der Waals surface area contributed by atoms with Gasteiger partial charge in [-0.3, -0.25) is 0 Å². The normalized spacial score (nSPS) is 28.5. The predicted octanol–water partition coefficient (Wildman–Crippen LogP) is 2.13. The van der Waals surface area contributed by atoms with Crippen LogP contribution in [0.5, 0.6) is 0 Å². The van der Waals surface area contributed by atoms with Gasteiger partial charge in [-0.1, -0.05) is 19.8 Å². The molecule has 114 valence electrons. The maximum Gasteiger partial charge on any atom is 0.147 e. The SMILES string of the molecule is CCCC1CCC(CN)(OCCCS(C)(=O)=O)CC1. The highest BCUT2D eigenvalue weighted by molar-refractivity contribution is 7.90. The van der Waals surface area contributed by atoms with E-state index in [1.807, 2.05) is 0 Å². The predicted molar refractivity (Wildman–Crippen MR) is 78.9 cm³/mol. The van der Waals surface area contributed by atoms with Gasteiger partial charge >= 0.3 is 0 Å². The number of hydrogen-bond donors (Lipinski definition) is 1. The van der Waals surface area contributed by atoms with Crippen LogP contribution in [0.2, 0.25) is 0 Å². The highest BCUT2D eigenvalue weighted by Crippen LogP contribution is 2.36. The Morgan fingerprint density at radius 3 is 2.42 bits per heavy atom. The Morgan fingerprint density at radius 2 is 1.95 bits per heavy atom. The summed E-state index contributed by atoms with van der Waals surface area (Å²) in [5.41, 5.74) is 5.69. The first-order chi connectivity index (χ1) is 8.91.